The minimum Gasteiger partial charge on any atom is -0.486 e. The van der Waals surface area contributed by atoms with Crippen molar-refractivity contribution in [3.63, 3.8) is 0 Å². The molecule has 3 aromatic rings. The first kappa shape index (κ1) is 17.9. The van der Waals surface area contributed by atoms with Crippen molar-refractivity contribution < 1.29 is 4.74 Å². The van der Waals surface area contributed by atoms with E-state index in [1.54, 1.807) is 6.20 Å². The quantitative estimate of drug-likeness (QED) is 0.726. The third-order valence-electron chi connectivity index (χ3n) is 5.95. The molecule has 0 bridgehead atoms. The minimum absolute atomic E-state index is 0.123. The molecule has 8 nitrogen and oxygen atoms in total. The number of nitrogens with zero attached hydrogens (tertiary/aromatic N) is 6. The summed E-state index contributed by atoms with van der Waals surface area (Å²) >= 11 is 0. The number of imidazole rings is 1. The zero-order valence-corrected chi connectivity index (χ0v) is 17.0. The lowest BCUT2D eigenvalue weighted by Crippen LogP contribution is -2.49. The Morgan fingerprint density at radius 1 is 1.14 bits per heavy atom. The molecule has 3 aromatic heterocycles. The number of rotatable bonds is 4. The normalized spacial score (nSPS) is 18.0. The monoisotopic (exact) mass is 391 g/mol. The molecule has 0 atom stereocenters. The van der Waals surface area contributed by atoms with E-state index in [1.165, 1.54) is 25.0 Å². The van der Waals surface area contributed by atoms with Crippen LogP contribution >= 0.6 is 0 Å². The Bertz CT molecular complexity index is 1020. The average molecular weight is 391 g/mol. The van der Waals surface area contributed by atoms with E-state index in [9.17, 15) is 0 Å². The van der Waals surface area contributed by atoms with Crippen LogP contribution in [0, 0.1) is 0 Å². The molecular weight excluding hydrogens is 366 g/mol. The lowest BCUT2D eigenvalue weighted by Gasteiger charge is -2.40. The van der Waals surface area contributed by atoms with E-state index in [-0.39, 0.29) is 5.54 Å². The van der Waals surface area contributed by atoms with Gasteiger partial charge in [0.1, 0.15) is 12.4 Å². The first-order valence-corrected chi connectivity index (χ1v) is 10.0. The van der Waals surface area contributed by atoms with E-state index in [0.717, 1.165) is 11.5 Å². The van der Waals surface area contributed by atoms with Gasteiger partial charge in [-0.3, -0.25) is 0 Å². The number of anilines is 3. The molecule has 0 aromatic carbocycles. The summed E-state index contributed by atoms with van der Waals surface area (Å²) in [4.78, 5) is 20.2. The molecule has 1 aliphatic carbocycles. The summed E-state index contributed by atoms with van der Waals surface area (Å²) in [5.41, 5.74) is 2.03. The zero-order valence-electron chi connectivity index (χ0n) is 17.0. The standard InChI is InChI=1S/C21H25N7O/c1-21(2)12-29-17-10-23-20(26-19(17)27(21)3)25-18-8-7-15(9-22-18)28-11-16(24-13-28)14-5-4-6-14/h7-11,13-14H,4-6,12H2,1-3H3,(H,22,23,25,26). The lowest BCUT2D eigenvalue weighted by atomic mass is 9.83. The Hall–Kier alpha value is -3.16. The molecule has 4 heterocycles. The summed E-state index contributed by atoms with van der Waals surface area (Å²) in [6.07, 6.45) is 11.3. The largest absolute Gasteiger partial charge is 0.486 e. The molecule has 0 spiro atoms. The van der Waals surface area contributed by atoms with Crippen LogP contribution in [0.5, 0.6) is 5.75 Å². The highest BCUT2D eigenvalue weighted by Gasteiger charge is 2.33. The Labute approximate surface area is 170 Å². The van der Waals surface area contributed by atoms with Gasteiger partial charge in [0, 0.05) is 19.2 Å². The van der Waals surface area contributed by atoms with Crippen LogP contribution < -0.4 is 15.0 Å². The number of ether oxygens (including phenoxy) is 1. The third kappa shape index (κ3) is 3.28. The van der Waals surface area contributed by atoms with Crippen LogP contribution in [-0.2, 0) is 0 Å². The Balaban J connectivity index is 1.32. The topological polar surface area (TPSA) is 81.0 Å². The highest BCUT2D eigenvalue weighted by Crippen LogP contribution is 2.36. The van der Waals surface area contributed by atoms with Crippen molar-refractivity contribution >= 4 is 17.6 Å². The van der Waals surface area contributed by atoms with Crippen molar-refractivity contribution in [1.29, 1.82) is 0 Å². The SMILES string of the molecule is CN1c2nc(Nc3ccc(-n4cnc(C5CCC5)c4)cn3)ncc2OCC1(C)C. The van der Waals surface area contributed by atoms with Crippen LogP contribution in [0.2, 0.25) is 0 Å². The Morgan fingerprint density at radius 3 is 2.72 bits per heavy atom. The van der Waals surface area contributed by atoms with Crippen molar-refractivity contribution in [3.05, 3.63) is 42.7 Å². The van der Waals surface area contributed by atoms with E-state index in [1.807, 2.05) is 36.3 Å². The molecule has 2 aliphatic rings. The van der Waals surface area contributed by atoms with E-state index < -0.39 is 0 Å². The fourth-order valence-corrected chi connectivity index (χ4v) is 3.52. The Kier molecular flexibility index (Phi) is 4.15. The van der Waals surface area contributed by atoms with E-state index >= 15 is 0 Å². The highest BCUT2D eigenvalue weighted by atomic mass is 16.5. The number of nitrogens with one attached hydrogen (secondary N) is 1. The van der Waals surface area contributed by atoms with Gasteiger partial charge in [-0.05, 0) is 38.8 Å². The van der Waals surface area contributed by atoms with E-state index in [0.29, 0.717) is 30.0 Å². The average Bonchev–Trinajstić information content (AvgIpc) is 3.14. The molecule has 0 saturated heterocycles. The molecule has 29 heavy (non-hydrogen) atoms. The predicted molar refractivity (Wildman–Crippen MR) is 111 cm³/mol. The van der Waals surface area contributed by atoms with Gasteiger partial charge in [-0.2, -0.15) is 4.98 Å². The molecule has 1 fully saturated rings. The molecule has 0 unspecified atom stereocenters. The van der Waals surface area contributed by atoms with Crippen molar-refractivity contribution in [2.24, 2.45) is 0 Å². The summed E-state index contributed by atoms with van der Waals surface area (Å²) < 4.78 is 7.81. The summed E-state index contributed by atoms with van der Waals surface area (Å²) in [7, 11) is 2.02. The molecule has 5 rings (SSSR count). The maximum absolute atomic E-state index is 5.79. The van der Waals surface area contributed by atoms with Crippen LogP contribution in [0.25, 0.3) is 5.69 Å². The Morgan fingerprint density at radius 2 is 2.00 bits per heavy atom. The maximum Gasteiger partial charge on any atom is 0.230 e. The van der Waals surface area contributed by atoms with Crippen molar-refractivity contribution in [3.8, 4) is 11.4 Å². The van der Waals surface area contributed by atoms with Gasteiger partial charge in [0.2, 0.25) is 5.95 Å². The van der Waals surface area contributed by atoms with E-state index in [2.05, 4.69) is 50.2 Å². The first-order valence-electron chi connectivity index (χ1n) is 10.0. The van der Waals surface area contributed by atoms with Crippen LogP contribution in [0.4, 0.5) is 17.6 Å². The summed E-state index contributed by atoms with van der Waals surface area (Å²) in [5, 5.41) is 3.18. The zero-order chi connectivity index (χ0) is 20.0. The second kappa shape index (κ2) is 6.72. The van der Waals surface area contributed by atoms with Crippen molar-refractivity contribution in [1.82, 2.24) is 24.5 Å². The minimum atomic E-state index is -0.123. The third-order valence-corrected chi connectivity index (χ3v) is 5.95. The van der Waals surface area contributed by atoms with Crippen LogP contribution in [0.15, 0.2) is 37.1 Å². The van der Waals surface area contributed by atoms with Gasteiger partial charge in [0.25, 0.3) is 0 Å². The van der Waals surface area contributed by atoms with Crippen LogP contribution in [0.3, 0.4) is 0 Å². The fourth-order valence-electron chi connectivity index (χ4n) is 3.52. The summed E-state index contributed by atoms with van der Waals surface area (Å²) in [5.74, 6) is 3.28. The molecule has 1 saturated carbocycles. The number of hydrogen-bond acceptors (Lipinski definition) is 7. The highest BCUT2D eigenvalue weighted by molar-refractivity contribution is 5.59. The molecule has 0 radical (unpaired) electrons. The molecule has 1 N–H and O–H groups in total. The summed E-state index contributed by atoms with van der Waals surface area (Å²) in [6, 6.07) is 3.93. The van der Waals surface area contributed by atoms with Crippen LogP contribution in [-0.4, -0.2) is 43.7 Å². The molecular formula is C21H25N7O. The predicted octanol–water partition coefficient (Wildman–Crippen LogP) is 3.68. The first-order chi connectivity index (χ1) is 14.0. The number of likely N-dealkylation sites (N-methyl/N-ethyl adjacent to an activating group) is 1. The van der Waals surface area contributed by atoms with E-state index in [4.69, 9.17) is 4.74 Å². The second-order valence-electron chi connectivity index (χ2n) is 8.40. The number of fused-ring (bicyclic) bond motifs is 1. The molecule has 150 valence electrons. The van der Waals surface area contributed by atoms with Gasteiger partial charge in [-0.15, -0.1) is 0 Å². The second-order valence-corrected chi connectivity index (χ2v) is 8.40. The molecule has 8 heteroatoms. The van der Waals surface area contributed by atoms with Gasteiger partial charge in [0.15, 0.2) is 11.6 Å². The summed E-state index contributed by atoms with van der Waals surface area (Å²) in [6.45, 7) is 4.85. The maximum atomic E-state index is 5.79. The van der Waals surface area contributed by atoms with Gasteiger partial charge < -0.3 is 19.5 Å². The lowest BCUT2D eigenvalue weighted by molar-refractivity contribution is 0.215. The molecule has 1 aliphatic heterocycles. The number of pyridine rings is 1. The van der Waals surface area contributed by atoms with Crippen LogP contribution in [0.1, 0.15) is 44.7 Å². The van der Waals surface area contributed by atoms with Gasteiger partial charge in [-0.25, -0.2) is 15.0 Å². The van der Waals surface area contributed by atoms with Gasteiger partial charge >= 0.3 is 0 Å². The fraction of sp³-hybridized carbons (Fsp3) is 0.429. The smallest absolute Gasteiger partial charge is 0.230 e. The van der Waals surface area contributed by atoms with Gasteiger partial charge in [-0.1, -0.05) is 6.42 Å². The van der Waals surface area contributed by atoms with Gasteiger partial charge in [0.05, 0.1) is 35.6 Å². The number of hydrogen-bond donors (Lipinski definition) is 1. The van der Waals surface area contributed by atoms with Crippen molar-refractivity contribution in [2.75, 3.05) is 23.9 Å². The van der Waals surface area contributed by atoms with Crippen molar-refractivity contribution in [2.45, 2.75) is 44.6 Å². The molecule has 0 amide bonds. The number of aromatic nitrogens is 5.